The Balaban J connectivity index is 3.32. The highest BCUT2D eigenvalue weighted by Gasteiger charge is 2.07. The summed E-state index contributed by atoms with van der Waals surface area (Å²) in [5.41, 5.74) is 5.13. The fourth-order valence-corrected chi connectivity index (χ4v) is 0.434. The average Bonchev–Trinajstić information content (AvgIpc) is 1.67. The average molecular weight is 116 g/mol. The topological polar surface area (TPSA) is 63.3 Å². The van der Waals surface area contributed by atoms with Crippen molar-refractivity contribution < 1.29 is 9.90 Å². The van der Waals surface area contributed by atoms with Gasteiger partial charge in [0.25, 0.3) is 0 Å². The van der Waals surface area contributed by atoms with Crippen LogP contribution in [-0.2, 0) is 4.79 Å². The Morgan fingerprint density at radius 3 is 2.50 bits per heavy atom. The van der Waals surface area contributed by atoms with E-state index in [2.05, 4.69) is 0 Å². The lowest BCUT2D eigenvalue weighted by molar-refractivity contribution is -0.138. The summed E-state index contributed by atoms with van der Waals surface area (Å²) in [4.78, 5) is 9.96. The van der Waals surface area contributed by atoms with Crippen LogP contribution in [0.15, 0.2) is 0 Å². The summed E-state index contributed by atoms with van der Waals surface area (Å²) in [6, 6.07) is -0.667. The Morgan fingerprint density at radius 2 is 2.38 bits per heavy atom. The van der Waals surface area contributed by atoms with Gasteiger partial charge in [-0.25, -0.2) is 0 Å². The van der Waals surface area contributed by atoms with Gasteiger partial charge in [0.05, 0.1) is 0 Å². The van der Waals surface area contributed by atoms with Crippen LogP contribution in [0.1, 0.15) is 19.8 Å². The van der Waals surface area contributed by atoms with Gasteiger partial charge >= 0.3 is 5.97 Å². The standard InChI is InChI=1S/C5H11NO2/c1-2-3-4(6)5(7)8/h4H,2-3,6H2,1H3,(H,7,8)/t4-/m1/s1/i3-1. The first-order chi connectivity index (χ1) is 3.68. The summed E-state index contributed by atoms with van der Waals surface area (Å²) in [6.07, 6.45) is 1.39. The number of carbonyl (C=O) groups is 1. The molecule has 0 aliphatic rings. The van der Waals surface area contributed by atoms with Crippen LogP contribution in [-0.4, -0.2) is 17.1 Å². The van der Waals surface area contributed by atoms with Crippen LogP contribution in [0.3, 0.4) is 0 Å². The molecule has 0 amide bonds. The summed E-state index contributed by atoms with van der Waals surface area (Å²) in [6.45, 7) is 1.91. The van der Waals surface area contributed by atoms with Crippen molar-refractivity contribution in [3.63, 3.8) is 0 Å². The molecule has 3 nitrogen and oxygen atoms in total. The lowest BCUT2D eigenvalue weighted by Gasteiger charge is -2.00. The van der Waals surface area contributed by atoms with Crippen LogP contribution < -0.4 is 5.73 Å². The summed E-state index contributed by atoms with van der Waals surface area (Å²) in [5, 5.41) is 8.19. The largest absolute Gasteiger partial charge is 0.480 e. The zero-order chi connectivity index (χ0) is 6.57. The van der Waals surface area contributed by atoms with Gasteiger partial charge in [0.2, 0.25) is 0 Å². The molecule has 0 heterocycles. The fraction of sp³-hybridized carbons (Fsp3) is 0.800. The van der Waals surface area contributed by atoms with Crippen LogP contribution in [0.4, 0.5) is 0 Å². The minimum atomic E-state index is -0.910. The van der Waals surface area contributed by atoms with Crippen molar-refractivity contribution in [1.29, 1.82) is 0 Å². The van der Waals surface area contributed by atoms with Crippen molar-refractivity contribution in [2.24, 2.45) is 5.73 Å². The van der Waals surface area contributed by atoms with E-state index in [0.717, 1.165) is 6.42 Å². The Kier molecular flexibility index (Phi) is 3.19. The van der Waals surface area contributed by atoms with Crippen molar-refractivity contribution in [1.82, 2.24) is 0 Å². The molecule has 1 atom stereocenters. The molecule has 0 aromatic carbocycles. The van der Waals surface area contributed by atoms with E-state index in [1.165, 1.54) is 0 Å². The Bertz CT molecular complexity index is 82.5. The third-order valence-electron chi connectivity index (χ3n) is 0.917. The van der Waals surface area contributed by atoms with Crippen LogP contribution >= 0.6 is 0 Å². The third-order valence-corrected chi connectivity index (χ3v) is 0.917. The molecular formula is C5H11NO2. The zero-order valence-electron chi connectivity index (χ0n) is 4.92. The van der Waals surface area contributed by atoms with Crippen molar-refractivity contribution in [3.8, 4) is 0 Å². The third kappa shape index (κ3) is 2.58. The molecule has 3 heteroatoms. The van der Waals surface area contributed by atoms with E-state index in [9.17, 15) is 4.79 Å². The number of nitrogens with two attached hydrogens (primary N) is 1. The maximum Gasteiger partial charge on any atom is 0.320 e. The van der Waals surface area contributed by atoms with Crippen molar-refractivity contribution in [3.05, 3.63) is 0 Å². The van der Waals surface area contributed by atoms with Gasteiger partial charge in [-0.05, 0) is 6.42 Å². The van der Waals surface area contributed by atoms with Gasteiger partial charge in [-0.2, -0.15) is 0 Å². The first-order valence-electron chi connectivity index (χ1n) is 2.67. The Hall–Kier alpha value is -0.570. The first-order valence-corrected chi connectivity index (χ1v) is 2.67. The SMILES string of the molecule is CC[11CH2][C@@H](N)C(=O)O. The second kappa shape index (κ2) is 3.43. The first kappa shape index (κ1) is 7.43. The molecule has 0 rings (SSSR count). The lowest BCUT2D eigenvalue weighted by Crippen LogP contribution is -2.29. The van der Waals surface area contributed by atoms with Crippen molar-refractivity contribution in [2.45, 2.75) is 25.8 Å². The quantitative estimate of drug-likeness (QED) is 0.553. The summed E-state index contributed by atoms with van der Waals surface area (Å²) >= 11 is 0. The Labute approximate surface area is 48.5 Å². The molecule has 0 aromatic rings. The second-order valence-corrected chi connectivity index (χ2v) is 1.73. The summed E-state index contributed by atoms with van der Waals surface area (Å²) < 4.78 is 0. The number of aliphatic carboxylic acids is 1. The molecule has 0 aromatic heterocycles. The summed E-state index contributed by atoms with van der Waals surface area (Å²) in [7, 11) is 0. The molecule has 3 N–H and O–H groups in total. The van der Waals surface area contributed by atoms with E-state index in [1.807, 2.05) is 6.92 Å². The number of hydrogen-bond donors (Lipinski definition) is 2. The second-order valence-electron chi connectivity index (χ2n) is 1.73. The van der Waals surface area contributed by atoms with Gasteiger partial charge in [-0.3, -0.25) is 4.79 Å². The minimum Gasteiger partial charge on any atom is -0.480 e. The normalized spacial score (nSPS) is 13.2. The van der Waals surface area contributed by atoms with Gasteiger partial charge < -0.3 is 10.8 Å². The van der Waals surface area contributed by atoms with E-state index >= 15 is 0 Å². The van der Waals surface area contributed by atoms with Gasteiger partial charge in [0, 0.05) is 0 Å². The number of rotatable bonds is 3. The lowest BCUT2D eigenvalue weighted by atomic mass is 9.78. The molecule has 0 saturated carbocycles. The number of hydrogen-bond acceptors (Lipinski definition) is 2. The maximum atomic E-state index is 9.96. The molecule has 0 fully saturated rings. The van der Waals surface area contributed by atoms with Crippen molar-refractivity contribution >= 4 is 5.97 Å². The van der Waals surface area contributed by atoms with Crippen LogP contribution in [0, 0.1) is 0 Å². The molecule has 0 saturated heterocycles. The van der Waals surface area contributed by atoms with E-state index in [4.69, 9.17) is 10.8 Å². The smallest absolute Gasteiger partial charge is 0.320 e. The molecule has 8 heavy (non-hydrogen) atoms. The number of carboxylic acid groups (broad SMARTS) is 1. The highest BCUT2D eigenvalue weighted by Crippen LogP contribution is 1.91. The predicted octanol–water partition coefficient (Wildman–Crippen LogP) is 0.198. The molecule has 0 radical (unpaired) electrons. The minimum absolute atomic E-state index is 0.565. The van der Waals surface area contributed by atoms with E-state index in [0.29, 0.717) is 6.42 Å². The Morgan fingerprint density at radius 1 is 1.88 bits per heavy atom. The van der Waals surface area contributed by atoms with Gasteiger partial charge in [0.15, 0.2) is 0 Å². The zero-order valence-corrected chi connectivity index (χ0v) is 4.92. The molecule has 0 spiro atoms. The molecule has 0 aliphatic carbocycles. The molecule has 48 valence electrons. The van der Waals surface area contributed by atoms with Crippen LogP contribution in [0.2, 0.25) is 0 Å². The maximum absolute atomic E-state index is 9.96. The van der Waals surface area contributed by atoms with Gasteiger partial charge in [-0.15, -0.1) is 0 Å². The molecule has 0 aliphatic heterocycles. The van der Waals surface area contributed by atoms with Crippen LogP contribution in [0.25, 0.3) is 0 Å². The van der Waals surface area contributed by atoms with Crippen molar-refractivity contribution in [2.75, 3.05) is 0 Å². The highest BCUT2D eigenvalue weighted by molar-refractivity contribution is 5.72. The monoisotopic (exact) mass is 116 g/mol. The van der Waals surface area contributed by atoms with Gasteiger partial charge in [-0.1, -0.05) is 13.3 Å². The predicted molar refractivity (Wildman–Crippen MR) is 30.5 cm³/mol. The number of carboxylic acids is 1. The van der Waals surface area contributed by atoms with Gasteiger partial charge in [0.1, 0.15) is 6.04 Å². The highest BCUT2D eigenvalue weighted by atomic mass is 16.4. The molecule has 0 unspecified atom stereocenters. The van der Waals surface area contributed by atoms with E-state index < -0.39 is 12.0 Å². The van der Waals surface area contributed by atoms with Crippen LogP contribution in [0.5, 0.6) is 0 Å². The molecule has 0 bridgehead atoms. The van der Waals surface area contributed by atoms with E-state index in [-0.39, 0.29) is 0 Å². The van der Waals surface area contributed by atoms with E-state index in [1.54, 1.807) is 0 Å². The molecular weight excluding hydrogens is 105 g/mol. The summed E-state index contributed by atoms with van der Waals surface area (Å²) in [5.74, 6) is -0.910. The fourth-order valence-electron chi connectivity index (χ4n) is 0.434.